The SMILES string of the molecule is O=C(CSc1ccc(F)cc1)Nc1nnc(-c2cccc(F)c2)o1. The Morgan fingerprint density at radius 2 is 1.88 bits per heavy atom. The van der Waals surface area contributed by atoms with Gasteiger partial charge in [0.2, 0.25) is 11.8 Å². The van der Waals surface area contributed by atoms with Crippen molar-refractivity contribution < 1.29 is 18.0 Å². The van der Waals surface area contributed by atoms with Crippen molar-refractivity contribution in [3.8, 4) is 11.5 Å². The Morgan fingerprint density at radius 1 is 1.08 bits per heavy atom. The lowest BCUT2D eigenvalue weighted by atomic mass is 10.2. The normalized spacial score (nSPS) is 10.6. The standard InChI is InChI=1S/C16H11F2N3O2S/c17-11-4-6-13(7-5-11)24-9-14(22)19-16-21-20-15(23-16)10-2-1-3-12(18)8-10/h1-8H,9H2,(H,19,21,22). The number of nitrogens with zero attached hydrogens (tertiary/aromatic N) is 2. The highest BCUT2D eigenvalue weighted by molar-refractivity contribution is 8.00. The highest BCUT2D eigenvalue weighted by Crippen LogP contribution is 2.21. The minimum absolute atomic E-state index is 0.0704. The van der Waals surface area contributed by atoms with Gasteiger partial charge < -0.3 is 4.42 Å². The largest absolute Gasteiger partial charge is 0.403 e. The van der Waals surface area contributed by atoms with Crippen LogP contribution in [0.25, 0.3) is 11.5 Å². The summed E-state index contributed by atoms with van der Waals surface area (Å²) in [6.45, 7) is 0. The van der Waals surface area contributed by atoms with Crippen LogP contribution in [0.3, 0.4) is 0 Å². The Labute approximate surface area is 140 Å². The lowest BCUT2D eigenvalue weighted by Crippen LogP contribution is -2.14. The first-order valence-corrected chi connectivity index (χ1v) is 7.86. The molecule has 0 aliphatic heterocycles. The molecule has 0 saturated carbocycles. The first-order valence-electron chi connectivity index (χ1n) is 6.88. The summed E-state index contributed by atoms with van der Waals surface area (Å²) >= 11 is 1.24. The molecule has 0 fully saturated rings. The summed E-state index contributed by atoms with van der Waals surface area (Å²) in [5, 5.41) is 9.92. The molecule has 0 aliphatic carbocycles. The fraction of sp³-hybridized carbons (Fsp3) is 0.0625. The van der Waals surface area contributed by atoms with Crippen molar-refractivity contribution in [2.24, 2.45) is 0 Å². The number of halogens is 2. The average Bonchev–Trinajstić information content (AvgIpc) is 3.03. The quantitative estimate of drug-likeness (QED) is 0.712. The molecular formula is C16H11F2N3O2S. The van der Waals surface area contributed by atoms with Gasteiger partial charge in [0.1, 0.15) is 11.6 Å². The van der Waals surface area contributed by atoms with E-state index in [1.165, 1.54) is 42.1 Å². The zero-order chi connectivity index (χ0) is 16.9. The third-order valence-corrected chi connectivity index (χ3v) is 3.94. The minimum atomic E-state index is -0.424. The lowest BCUT2D eigenvalue weighted by Gasteiger charge is -2.01. The predicted octanol–water partition coefficient (Wildman–Crippen LogP) is 3.75. The molecule has 0 bridgehead atoms. The molecule has 24 heavy (non-hydrogen) atoms. The number of amides is 1. The Morgan fingerprint density at radius 3 is 2.62 bits per heavy atom. The molecule has 1 N–H and O–H groups in total. The van der Waals surface area contributed by atoms with Crippen LogP contribution in [0.4, 0.5) is 14.8 Å². The topological polar surface area (TPSA) is 68.0 Å². The first-order chi connectivity index (χ1) is 11.6. The van der Waals surface area contributed by atoms with Crippen molar-refractivity contribution in [2.45, 2.75) is 4.90 Å². The zero-order valence-corrected chi connectivity index (χ0v) is 13.0. The Bertz CT molecular complexity index is 853. The van der Waals surface area contributed by atoms with Gasteiger partial charge in [-0.05, 0) is 42.5 Å². The van der Waals surface area contributed by atoms with Crippen LogP contribution < -0.4 is 5.32 Å². The number of anilines is 1. The molecule has 1 amide bonds. The van der Waals surface area contributed by atoms with E-state index in [1.807, 2.05) is 0 Å². The van der Waals surface area contributed by atoms with Crippen molar-refractivity contribution in [3.05, 3.63) is 60.2 Å². The van der Waals surface area contributed by atoms with Crippen molar-refractivity contribution in [3.63, 3.8) is 0 Å². The second-order valence-electron chi connectivity index (χ2n) is 4.71. The van der Waals surface area contributed by atoms with Gasteiger partial charge in [-0.15, -0.1) is 16.9 Å². The van der Waals surface area contributed by atoms with Crippen LogP contribution in [0.1, 0.15) is 0 Å². The number of aromatic nitrogens is 2. The van der Waals surface area contributed by atoms with Crippen molar-refractivity contribution in [1.29, 1.82) is 0 Å². The third kappa shape index (κ3) is 4.17. The molecule has 0 spiro atoms. The monoisotopic (exact) mass is 347 g/mol. The van der Waals surface area contributed by atoms with Crippen LogP contribution in [0, 0.1) is 11.6 Å². The predicted molar refractivity (Wildman–Crippen MR) is 85.4 cm³/mol. The van der Waals surface area contributed by atoms with Gasteiger partial charge in [0.15, 0.2) is 0 Å². The van der Waals surface area contributed by atoms with Gasteiger partial charge in [-0.1, -0.05) is 11.2 Å². The van der Waals surface area contributed by atoms with Crippen molar-refractivity contribution in [2.75, 3.05) is 11.1 Å². The van der Waals surface area contributed by atoms with Crippen LogP contribution in [0.5, 0.6) is 0 Å². The number of carbonyl (C=O) groups is 1. The number of nitrogens with one attached hydrogen (secondary N) is 1. The summed E-state index contributed by atoms with van der Waals surface area (Å²) in [6, 6.07) is 11.4. The summed E-state index contributed by atoms with van der Waals surface area (Å²) in [5.74, 6) is -0.898. The molecule has 2 aromatic carbocycles. The van der Waals surface area contributed by atoms with Gasteiger partial charge in [-0.2, -0.15) is 0 Å². The Kier molecular flexibility index (Phi) is 4.85. The molecule has 1 heterocycles. The second kappa shape index (κ2) is 7.22. The maximum absolute atomic E-state index is 13.2. The second-order valence-corrected chi connectivity index (χ2v) is 5.76. The molecule has 5 nitrogen and oxygen atoms in total. The number of benzene rings is 2. The summed E-state index contributed by atoms with van der Waals surface area (Å²) in [6.07, 6.45) is 0. The minimum Gasteiger partial charge on any atom is -0.403 e. The highest BCUT2D eigenvalue weighted by atomic mass is 32.2. The molecule has 0 aliphatic rings. The van der Waals surface area contributed by atoms with Crippen LogP contribution >= 0.6 is 11.8 Å². The van der Waals surface area contributed by atoms with Crippen LogP contribution in [0.2, 0.25) is 0 Å². The van der Waals surface area contributed by atoms with Crippen LogP contribution in [-0.4, -0.2) is 21.9 Å². The number of carbonyl (C=O) groups excluding carboxylic acids is 1. The average molecular weight is 347 g/mol. The fourth-order valence-corrected chi connectivity index (χ4v) is 2.55. The van der Waals surface area contributed by atoms with E-state index < -0.39 is 5.82 Å². The fourth-order valence-electron chi connectivity index (χ4n) is 1.85. The summed E-state index contributed by atoms with van der Waals surface area (Å²) in [5.41, 5.74) is 0.420. The number of hydrogen-bond donors (Lipinski definition) is 1. The Hall–Kier alpha value is -2.74. The number of thioether (sulfide) groups is 1. The molecule has 0 unspecified atom stereocenters. The first kappa shape index (κ1) is 16.1. The zero-order valence-electron chi connectivity index (χ0n) is 12.2. The molecule has 1 aromatic heterocycles. The molecule has 8 heteroatoms. The van der Waals surface area contributed by atoms with E-state index in [-0.39, 0.29) is 29.4 Å². The van der Waals surface area contributed by atoms with E-state index in [2.05, 4.69) is 15.5 Å². The van der Waals surface area contributed by atoms with E-state index in [1.54, 1.807) is 18.2 Å². The van der Waals surface area contributed by atoms with Crippen molar-refractivity contribution >= 4 is 23.7 Å². The maximum Gasteiger partial charge on any atom is 0.322 e. The van der Waals surface area contributed by atoms with E-state index in [0.29, 0.717) is 5.56 Å². The van der Waals surface area contributed by atoms with Gasteiger partial charge in [0.25, 0.3) is 0 Å². The summed E-state index contributed by atoms with van der Waals surface area (Å²) in [4.78, 5) is 12.6. The van der Waals surface area contributed by atoms with Crippen LogP contribution in [-0.2, 0) is 4.79 Å². The van der Waals surface area contributed by atoms with Gasteiger partial charge in [0.05, 0.1) is 5.75 Å². The molecule has 122 valence electrons. The molecule has 0 saturated heterocycles. The molecule has 3 aromatic rings. The smallest absolute Gasteiger partial charge is 0.322 e. The van der Waals surface area contributed by atoms with Gasteiger partial charge in [-0.3, -0.25) is 10.1 Å². The van der Waals surface area contributed by atoms with E-state index in [4.69, 9.17) is 4.42 Å². The van der Waals surface area contributed by atoms with Gasteiger partial charge in [-0.25, -0.2) is 8.78 Å². The third-order valence-electron chi connectivity index (χ3n) is 2.93. The number of rotatable bonds is 5. The van der Waals surface area contributed by atoms with Crippen molar-refractivity contribution in [1.82, 2.24) is 10.2 Å². The Balaban J connectivity index is 1.58. The van der Waals surface area contributed by atoms with Crippen LogP contribution in [0.15, 0.2) is 57.8 Å². The number of hydrogen-bond acceptors (Lipinski definition) is 5. The highest BCUT2D eigenvalue weighted by Gasteiger charge is 2.12. The summed E-state index contributed by atoms with van der Waals surface area (Å²) in [7, 11) is 0. The van der Waals surface area contributed by atoms with E-state index >= 15 is 0 Å². The van der Waals surface area contributed by atoms with Gasteiger partial charge >= 0.3 is 6.01 Å². The molecule has 3 rings (SSSR count). The summed E-state index contributed by atoms with van der Waals surface area (Å²) < 4.78 is 31.3. The van der Waals surface area contributed by atoms with E-state index in [9.17, 15) is 13.6 Å². The maximum atomic E-state index is 13.2. The lowest BCUT2D eigenvalue weighted by molar-refractivity contribution is -0.113. The van der Waals surface area contributed by atoms with Gasteiger partial charge in [0, 0.05) is 10.5 Å². The van der Waals surface area contributed by atoms with E-state index in [0.717, 1.165) is 4.90 Å². The molecular weight excluding hydrogens is 336 g/mol. The molecule has 0 radical (unpaired) electrons. The molecule has 0 atom stereocenters.